The SMILES string of the molecule is CCCCC(=NC(=O)c1ccc(C(=O)O)c(OCC)c1)OCC. The van der Waals surface area contributed by atoms with Crippen LogP contribution in [0.4, 0.5) is 0 Å². The normalized spacial score (nSPS) is 11.2. The molecule has 0 unspecified atom stereocenters. The van der Waals surface area contributed by atoms with Crippen molar-refractivity contribution in [3.05, 3.63) is 29.3 Å². The van der Waals surface area contributed by atoms with E-state index < -0.39 is 11.9 Å². The summed E-state index contributed by atoms with van der Waals surface area (Å²) in [5.41, 5.74) is 0.288. The van der Waals surface area contributed by atoms with Gasteiger partial charge in [-0.1, -0.05) is 13.3 Å². The van der Waals surface area contributed by atoms with Crippen LogP contribution in [0.5, 0.6) is 5.75 Å². The van der Waals surface area contributed by atoms with Gasteiger partial charge >= 0.3 is 5.97 Å². The van der Waals surface area contributed by atoms with E-state index in [0.717, 1.165) is 12.8 Å². The molecular weight excluding hydrogens is 298 g/mol. The van der Waals surface area contributed by atoms with Crippen LogP contribution in [-0.2, 0) is 4.74 Å². The molecule has 0 saturated heterocycles. The van der Waals surface area contributed by atoms with Crippen LogP contribution in [0.15, 0.2) is 23.2 Å². The van der Waals surface area contributed by atoms with E-state index in [9.17, 15) is 9.59 Å². The van der Waals surface area contributed by atoms with Crippen LogP contribution >= 0.6 is 0 Å². The third kappa shape index (κ3) is 5.73. The molecule has 0 saturated carbocycles. The predicted molar refractivity (Wildman–Crippen MR) is 87.5 cm³/mol. The van der Waals surface area contributed by atoms with E-state index >= 15 is 0 Å². The van der Waals surface area contributed by atoms with Gasteiger partial charge in [0.05, 0.1) is 13.2 Å². The summed E-state index contributed by atoms with van der Waals surface area (Å²) in [5, 5.41) is 9.12. The number of carbonyl (C=O) groups is 2. The highest BCUT2D eigenvalue weighted by atomic mass is 16.5. The highest BCUT2D eigenvalue weighted by molar-refractivity contribution is 6.03. The van der Waals surface area contributed by atoms with Crippen LogP contribution in [0.1, 0.15) is 60.7 Å². The molecule has 0 spiro atoms. The smallest absolute Gasteiger partial charge is 0.339 e. The van der Waals surface area contributed by atoms with Crippen molar-refractivity contribution in [1.29, 1.82) is 0 Å². The lowest BCUT2D eigenvalue weighted by Gasteiger charge is -2.09. The summed E-state index contributed by atoms with van der Waals surface area (Å²) < 4.78 is 10.7. The molecule has 0 fully saturated rings. The third-order valence-corrected chi connectivity index (χ3v) is 3.04. The van der Waals surface area contributed by atoms with Gasteiger partial charge in [-0.15, -0.1) is 0 Å². The first kappa shape index (κ1) is 18.7. The van der Waals surface area contributed by atoms with Gasteiger partial charge in [0.1, 0.15) is 11.3 Å². The molecule has 0 radical (unpaired) electrons. The van der Waals surface area contributed by atoms with Crippen LogP contribution in [0.25, 0.3) is 0 Å². The van der Waals surface area contributed by atoms with E-state index in [4.69, 9.17) is 14.6 Å². The Balaban J connectivity index is 3.06. The largest absolute Gasteiger partial charge is 0.493 e. The summed E-state index contributed by atoms with van der Waals surface area (Å²) in [6, 6.07) is 4.19. The molecule has 6 heteroatoms. The van der Waals surface area contributed by atoms with Gasteiger partial charge in [0, 0.05) is 12.0 Å². The second kappa shape index (κ2) is 9.61. The van der Waals surface area contributed by atoms with Crippen molar-refractivity contribution < 1.29 is 24.2 Å². The fourth-order valence-corrected chi connectivity index (χ4v) is 1.94. The first-order valence-electron chi connectivity index (χ1n) is 7.78. The zero-order valence-electron chi connectivity index (χ0n) is 13.8. The number of unbranched alkanes of at least 4 members (excludes halogenated alkanes) is 1. The molecule has 0 aromatic heterocycles. The minimum atomic E-state index is -1.10. The highest BCUT2D eigenvalue weighted by Gasteiger charge is 2.15. The third-order valence-electron chi connectivity index (χ3n) is 3.04. The number of ether oxygens (including phenoxy) is 2. The maximum Gasteiger partial charge on any atom is 0.339 e. The zero-order valence-corrected chi connectivity index (χ0v) is 13.8. The molecule has 0 aliphatic heterocycles. The Morgan fingerprint density at radius 2 is 1.91 bits per heavy atom. The monoisotopic (exact) mass is 321 g/mol. The number of carboxylic acids is 1. The quantitative estimate of drug-likeness (QED) is 0.584. The number of carbonyl (C=O) groups excluding carboxylic acids is 1. The van der Waals surface area contributed by atoms with E-state index in [2.05, 4.69) is 4.99 Å². The molecule has 6 nitrogen and oxygen atoms in total. The van der Waals surface area contributed by atoms with E-state index in [1.54, 1.807) is 6.92 Å². The molecular formula is C17H23NO5. The Bertz CT molecular complexity index is 580. The van der Waals surface area contributed by atoms with Gasteiger partial charge in [-0.25, -0.2) is 4.79 Å². The maximum absolute atomic E-state index is 12.3. The van der Waals surface area contributed by atoms with Gasteiger partial charge in [-0.05, 0) is 38.5 Å². The number of carboxylic acid groups (broad SMARTS) is 1. The summed E-state index contributed by atoms with van der Waals surface area (Å²) in [7, 11) is 0. The number of amides is 1. The van der Waals surface area contributed by atoms with Crippen LogP contribution < -0.4 is 4.74 Å². The van der Waals surface area contributed by atoms with Crippen molar-refractivity contribution in [2.75, 3.05) is 13.2 Å². The summed E-state index contributed by atoms with van der Waals surface area (Å²) >= 11 is 0. The lowest BCUT2D eigenvalue weighted by molar-refractivity contribution is 0.0692. The molecule has 1 aromatic rings. The molecule has 1 amide bonds. The van der Waals surface area contributed by atoms with Gasteiger partial charge < -0.3 is 14.6 Å². The van der Waals surface area contributed by atoms with Crippen molar-refractivity contribution in [1.82, 2.24) is 0 Å². The molecule has 0 aliphatic carbocycles. The number of nitrogens with zero attached hydrogens (tertiary/aromatic N) is 1. The van der Waals surface area contributed by atoms with Crippen LogP contribution in [0.2, 0.25) is 0 Å². The van der Waals surface area contributed by atoms with Gasteiger partial charge in [-0.2, -0.15) is 4.99 Å². The average molecular weight is 321 g/mol. The average Bonchev–Trinajstić information content (AvgIpc) is 2.52. The summed E-state index contributed by atoms with van der Waals surface area (Å²) in [6.07, 6.45) is 2.46. The topological polar surface area (TPSA) is 85.2 Å². The highest BCUT2D eigenvalue weighted by Crippen LogP contribution is 2.21. The Morgan fingerprint density at radius 1 is 1.17 bits per heavy atom. The molecule has 0 bridgehead atoms. The van der Waals surface area contributed by atoms with Gasteiger partial charge in [-0.3, -0.25) is 4.79 Å². The second-order valence-electron chi connectivity index (χ2n) is 4.80. The number of rotatable bonds is 8. The maximum atomic E-state index is 12.3. The van der Waals surface area contributed by atoms with Crippen molar-refractivity contribution in [3.63, 3.8) is 0 Å². The first-order chi connectivity index (χ1) is 11.0. The first-order valence-corrected chi connectivity index (χ1v) is 7.78. The van der Waals surface area contributed by atoms with Crippen LogP contribution in [0, 0.1) is 0 Å². The van der Waals surface area contributed by atoms with Gasteiger partial charge in [0.25, 0.3) is 5.91 Å². The van der Waals surface area contributed by atoms with E-state index in [0.29, 0.717) is 25.5 Å². The minimum absolute atomic E-state index is 0.0170. The van der Waals surface area contributed by atoms with Crippen molar-refractivity contribution in [2.45, 2.75) is 40.0 Å². The number of aromatic carboxylic acids is 1. The second-order valence-corrected chi connectivity index (χ2v) is 4.80. The van der Waals surface area contributed by atoms with Crippen molar-refractivity contribution >= 4 is 17.8 Å². The lowest BCUT2D eigenvalue weighted by Crippen LogP contribution is -2.10. The molecule has 0 heterocycles. The number of hydrogen-bond acceptors (Lipinski definition) is 4. The summed E-state index contributed by atoms with van der Waals surface area (Å²) in [5.74, 6) is -1.01. The Labute approximate surface area is 136 Å². The number of aliphatic imine (C=N–C) groups is 1. The Kier molecular flexibility index (Phi) is 7.80. The summed E-state index contributed by atoms with van der Waals surface area (Å²) in [6.45, 7) is 6.38. The van der Waals surface area contributed by atoms with Crippen LogP contribution in [-0.4, -0.2) is 36.1 Å². The van der Waals surface area contributed by atoms with Crippen molar-refractivity contribution in [2.24, 2.45) is 4.99 Å². The molecule has 23 heavy (non-hydrogen) atoms. The predicted octanol–water partition coefficient (Wildman–Crippen LogP) is 3.55. The number of benzene rings is 1. The molecule has 126 valence electrons. The molecule has 1 rings (SSSR count). The van der Waals surface area contributed by atoms with Gasteiger partial charge in [0.2, 0.25) is 0 Å². The van der Waals surface area contributed by atoms with E-state index in [1.807, 2.05) is 13.8 Å². The number of hydrogen-bond donors (Lipinski definition) is 1. The van der Waals surface area contributed by atoms with E-state index in [-0.39, 0.29) is 16.9 Å². The molecule has 1 N–H and O–H groups in total. The van der Waals surface area contributed by atoms with Crippen LogP contribution in [0.3, 0.4) is 0 Å². The van der Waals surface area contributed by atoms with Crippen molar-refractivity contribution in [3.8, 4) is 5.75 Å². The zero-order chi connectivity index (χ0) is 17.2. The lowest BCUT2D eigenvalue weighted by atomic mass is 10.1. The fraction of sp³-hybridized carbons (Fsp3) is 0.471. The molecule has 0 aliphatic rings. The summed E-state index contributed by atoms with van der Waals surface area (Å²) in [4.78, 5) is 27.4. The Hall–Kier alpha value is -2.37. The standard InChI is InChI=1S/C17H23NO5/c1-4-7-8-15(23-6-3)18-16(19)12-9-10-13(17(20)21)14(11-12)22-5-2/h9-11H,4-8H2,1-3H3,(H,20,21). The minimum Gasteiger partial charge on any atom is -0.493 e. The fourth-order valence-electron chi connectivity index (χ4n) is 1.94. The Morgan fingerprint density at radius 3 is 2.48 bits per heavy atom. The van der Waals surface area contributed by atoms with Gasteiger partial charge in [0.15, 0.2) is 5.90 Å². The molecule has 0 atom stereocenters. The van der Waals surface area contributed by atoms with E-state index in [1.165, 1.54) is 18.2 Å². The molecule has 1 aromatic carbocycles.